The van der Waals surface area contributed by atoms with Crippen LogP contribution in [0.1, 0.15) is 20.3 Å². The molecule has 0 aromatic heterocycles. The third-order valence-corrected chi connectivity index (χ3v) is 2.99. The number of non-ortho nitro benzene ring substituents is 1. The van der Waals surface area contributed by atoms with Gasteiger partial charge >= 0.3 is 0 Å². The first-order valence-corrected chi connectivity index (χ1v) is 6.35. The molecular weight excluding hydrogens is 248 g/mol. The molecule has 1 N–H and O–H groups in total. The second-order valence-corrected chi connectivity index (χ2v) is 5.00. The van der Waals surface area contributed by atoms with Crippen molar-refractivity contribution in [3.63, 3.8) is 0 Å². The minimum absolute atomic E-state index is 0.00883. The molecule has 6 heteroatoms. The zero-order valence-electron chi connectivity index (χ0n) is 11.1. The number of β-amino-alcohol motifs (C(OH)–C–C–N with tert-alkyl or cyclic N) is 1. The highest BCUT2D eigenvalue weighted by atomic mass is 16.6. The van der Waals surface area contributed by atoms with E-state index in [4.69, 9.17) is 4.74 Å². The van der Waals surface area contributed by atoms with Crippen LogP contribution in [0.5, 0.6) is 5.75 Å². The van der Waals surface area contributed by atoms with Gasteiger partial charge in [0.05, 0.1) is 23.2 Å². The Morgan fingerprint density at radius 3 is 2.74 bits per heavy atom. The average Bonchev–Trinajstić information content (AvgIpc) is 2.74. The van der Waals surface area contributed by atoms with Crippen LogP contribution in [0, 0.1) is 10.1 Å². The van der Waals surface area contributed by atoms with Gasteiger partial charge in [-0.3, -0.25) is 10.1 Å². The van der Waals surface area contributed by atoms with Gasteiger partial charge in [-0.15, -0.1) is 0 Å². The Morgan fingerprint density at radius 1 is 1.47 bits per heavy atom. The summed E-state index contributed by atoms with van der Waals surface area (Å²) in [7, 11) is 0. The van der Waals surface area contributed by atoms with E-state index in [1.807, 2.05) is 18.7 Å². The van der Waals surface area contributed by atoms with Crippen LogP contribution in [0.4, 0.5) is 11.4 Å². The Morgan fingerprint density at radius 2 is 2.21 bits per heavy atom. The number of benzene rings is 1. The third kappa shape index (κ3) is 3.35. The highest BCUT2D eigenvalue weighted by molar-refractivity contribution is 5.58. The van der Waals surface area contributed by atoms with E-state index in [-0.39, 0.29) is 17.9 Å². The highest BCUT2D eigenvalue weighted by Crippen LogP contribution is 2.31. The first kappa shape index (κ1) is 13.6. The number of rotatable bonds is 4. The number of nitrogens with zero attached hydrogens (tertiary/aromatic N) is 2. The maximum absolute atomic E-state index is 11.0. The smallest absolute Gasteiger partial charge is 0.275 e. The van der Waals surface area contributed by atoms with E-state index in [2.05, 4.69) is 0 Å². The van der Waals surface area contributed by atoms with Crippen LogP contribution in [0.15, 0.2) is 18.2 Å². The van der Waals surface area contributed by atoms with Crippen LogP contribution >= 0.6 is 0 Å². The Balaban J connectivity index is 2.31. The molecular formula is C13H18N2O4. The standard InChI is InChI=1S/C13H18N2O4/c1-9(2)19-13-6-10(5-11(7-13)15(17)18)14-4-3-12(16)8-14/h5-7,9,12,16H,3-4,8H2,1-2H3/t12-/m0/s1. The summed E-state index contributed by atoms with van der Waals surface area (Å²) in [5.74, 6) is 0.487. The lowest BCUT2D eigenvalue weighted by Gasteiger charge is -2.19. The molecule has 1 fully saturated rings. The summed E-state index contributed by atoms with van der Waals surface area (Å²) in [4.78, 5) is 12.5. The Hall–Kier alpha value is -1.82. The van der Waals surface area contributed by atoms with Gasteiger partial charge in [-0.2, -0.15) is 0 Å². The predicted octanol–water partition coefficient (Wildman–Crippen LogP) is 1.95. The van der Waals surface area contributed by atoms with Gasteiger partial charge in [0.25, 0.3) is 5.69 Å². The maximum atomic E-state index is 11.0. The number of nitro groups is 1. The molecule has 0 saturated carbocycles. The lowest BCUT2D eigenvalue weighted by atomic mass is 10.2. The average molecular weight is 266 g/mol. The molecule has 1 heterocycles. The van der Waals surface area contributed by atoms with E-state index in [1.165, 1.54) is 12.1 Å². The van der Waals surface area contributed by atoms with E-state index in [1.54, 1.807) is 6.07 Å². The largest absolute Gasteiger partial charge is 0.491 e. The summed E-state index contributed by atoms with van der Waals surface area (Å²) in [5.41, 5.74) is 0.732. The molecule has 19 heavy (non-hydrogen) atoms. The fourth-order valence-electron chi connectivity index (χ4n) is 2.17. The van der Waals surface area contributed by atoms with Crippen LogP contribution < -0.4 is 9.64 Å². The molecule has 0 aliphatic carbocycles. The van der Waals surface area contributed by atoms with Crippen molar-refractivity contribution >= 4 is 11.4 Å². The van der Waals surface area contributed by atoms with Gasteiger partial charge in [-0.05, 0) is 20.3 Å². The summed E-state index contributed by atoms with van der Waals surface area (Å²) >= 11 is 0. The summed E-state index contributed by atoms with van der Waals surface area (Å²) in [5, 5.41) is 20.5. The van der Waals surface area contributed by atoms with Gasteiger partial charge in [0.2, 0.25) is 0 Å². The maximum Gasteiger partial charge on any atom is 0.275 e. The van der Waals surface area contributed by atoms with Crippen molar-refractivity contribution in [1.29, 1.82) is 0 Å². The summed E-state index contributed by atoms with van der Waals surface area (Å²) in [6.45, 7) is 4.95. The summed E-state index contributed by atoms with van der Waals surface area (Å²) in [6.07, 6.45) is 0.274. The molecule has 6 nitrogen and oxygen atoms in total. The molecule has 1 saturated heterocycles. The van der Waals surface area contributed by atoms with Gasteiger partial charge in [-0.1, -0.05) is 0 Å². The van der Waals surface area contributed by atoms with Crippen molar-refractivity contribution in [2.75, 3.05) is 18.0 Å². The number of aliphatic hydroxyl groups is 1. The van der Waals surface area contributed by atoms with Crippen LogP contribution in [-0.4, -0.2) is 35.3 Å². The van der Waals surface area contributed by atoms with Crippen LogP contribution in [0.25, 0.3) is 0 Å². The minimum Gasteiger partial charge on any atom is -0.491 e. The topological polar surface area (TPSA) is 75.8 Å². The fraction of sp³-hybridized carbons (Fsp3) is 0.538. The summed E-state index contributed by atoms with van der Waals surface area (Å²) < 4.78 is 5.54. The number of hydrogen-bond donors (Lipinski definition) is 1. The fourth-order valence-corrected chi connectivity index (χ4v) is 2.17. The molecule has 1 aromatic rings. The first-order valence-electron chi connectivity index (χ1n) is 6.35. The molecule has 0 bridgehead atoms. The number of anilines is 1. The van der Waals surface area contributed by atoms with Crippen molar-refractivity contribution in [2.24, 2.45) is 0 Å². The summed E-state index contributed by atoms with van der Waals surface area (Å²) in [6, 6.07) is 4.73. The number of hydrogen-bond acceptors (Lipinski definition) is 5. The highest BCUT2D eigenvalue weighted by Gasteiger charge is 2.23. The van der Waals surface area contributed by atoms with Gasteiger partial charge in [0.1, 0.15) is 5.75 Å². The second kappa shape index (κ2) is 5.44. The van der Waals surface area contributed by atoms with E-state index < -0.39 is 4.92 Å². The van der Waals surface area contributed by atoms with E-state index in [0.29, 0.717) is 25.3 Å². The van der Waals surface area contributed by atoms with Gasteiger partial charge in [0, 0.05) is 30.9 Å². The van der Waals surface area contributed by atoms with E-state index in [0.717, 1.165) is 5.69 Å². The monoisotopic (exact) mass is 266 g/mol. The number of aliphatic hydroxyl groups excluding tert-OH is 1. The Kier molecular flexibility index (Phi) is 3.90. The van der Waals surface area contributed by atoms with Crippen LogP contribution in [0.2, 0.25) is 0 Å². The van der Waals surface area contributed by atoms with Crippen molar-refractivity contribution in [1.82, 2.24) is 0 Å². The molecule has 1 atom stereocenters. The van der Waals surface area contributed by atoms with Crippen LogP contribution in [-0.2, 0) is 0 Å². The first-order chi connectivity index (χ1) is 8.95. The van der Waals surface area contributed by atoms with Gasteiger partial charge in [0.15, 0.2) is 0 Å². The molecule has 1 aliphatic rings. The van der Waals surface area contributed by atoms with Crippen molar-refractivity contribution in [2.45, 2.75) is 32.5 Å². The normalized spacial score (nSPS) is 18.9. The van der Waals surface area contributed by atoms with Crippen LogP contribution in [0.3, 0.4) is 0 Å². The van der Waals surface area contributed by atoms with E-state index in [9.17, 15) is 15.2 Å². The minimum atomic E-state index is -0.427. The Labute approximate surface area is 111 Å². The molecule has 1 aromatic carbocycles. The lowest BCUT2D eigenvalue weighted by Crippen LogP contribution is -2.21. The quantitative estimate of drug-likeness (QED) is 0.666. The third-order valence-electron chi connectivity index (χ3n) is 2.99. The van der Waals surface area contributed by atoms with Gasteiger partial charge < -0.3 is 14.7 Å². The molecule has 104 valence electrons. The number of ether oxygens (including phenoxy) is 1. The molecule has 0 amide bonds. The predicted molar refractivity (Wildman–Crippen MR) is 71.7 cm³/mol. The van der Waals surface area contributed by atoms with Crippen molar-refractivity contribution in [3.05, 3.63) is 28.3 Å². The molecule has 0 spiro atoms. The lowest BCUT2D eigenvalue weighted by molar-refractivity contribution is -0.384. The zero-order valence-corrected chi connectivity index (χ0v) is 11.1. The molecule has 0 unspecified atom stereocenters. The molecule has 0 radical (unpaired) electrons. The SMILES string of the molecule is CC(C)Oc1cc(N2CC[C@H](O)C2)cc([N+](=O)[O-])c1. The van der Waals surface area contributed by atoms with E-state index >= 15 is 0 Å². The molecule has 1 aliphatic heterocycles. The van der Waals surface area contributed by atoms with Gasteiger partial charge in [-0.25, -0.2) is 0 Å². The second-order valence-electron chi connectivity index (χ2n) is 5.00. The van der Waals surface area contributed by atoms with Crippen molar-refractivity contribution < 1.29 is 14.8 Å². The number of nitro benzene ring substituents is 1. The zero-order chi connectivity index (χ0) is 14.0. The van der Waals surface area contributed by atoms with Crippen molar-refractivity contribution in [3.8, 4) is 5.75 Å². The Bertz CT molecular complexity index is 476. The molecule has 2 rings (SSSR count).